The molecular formula is C35H53N5O6S. The number of carbonyl (C=O) groups is 4. The molecule has 1 N–H and O–H groups in total. The fraction of sp³-hybridized carbons (Fsp3) is 0.800. The van der Waals surface area contributed by atoms with Gasteiger partial charge in [0.25, 0.3) is 5.91 Å². The summed E-state index contributed by atoms with van der Waals surface area (Å²) in [6.07, 6.45) is 9.74. The van der Waals surface area contributed by atoms with E-state index in [0.717, 1.165) is 32.1 Å². The molecule has 2 aliphatic carbocycles. The zero-order valence-electron chi connectivity index (χ0n) is 28.6. The van der Waals surface area contributed by atoms with Gasteiger partial charge in [-0.1, -0.05) is 33.1 Å². The summed E-state index contributed by atoms with van der Waals surface area (Å²) in [7, 11) is 1.69. The Morgan fingerprint density at radius 1 is 0.957 bits per heavy atom. The number of rotatable bonds is 11. The van der Waals surface area contributed by atoms with Crippen molar-refractivity contribution in [3.63, 3.8) is 0 Å². The first-order valence-electron chi connectivity index (χ1n) is 17.7. The van der Waals surface area contributed by atoms with Gasteiger partial charge in [-0.2, -0.15) is 0 Å². The molecule has 0 unspecified atom stereocenters. The normalized spacial score (nSPS) is 28.1. The maximum Gasteiger partial charge on any atom is 0.265 e. The standard InChI is InChI=1S/C35H53N5O6S/c1-23(46-18-24-9-6-5-7-10-24)29(33(44)38-12-8-11-25(15-38)17-45-4)37-30(41)27-16-39(32(43)28-14-36-22-47-28)19-35(27)20-40(21-35)31(42)26-13-34(26,2)3/h14,22-27,29H,5-13,15-21H2,1-4H3,(H,37,41)/t23-,25+,26-,27-,29+/m1/s1. The number of thiazole rings is 1. The zero-order valence-corrected chi connectivity index (χ0v) is 29.4. The number of likely N-dealkylation sites (tertiary alicyclic amines) is 3. The number of methoxy groups -OCH3 is 1. The number of hydrogen-bond acceptors (Lipinski definition) is 8. The van der Waals surface area contributed by atoms with Gasteiger partial charge in [0, 0.05) is 64.3 Å². The Balaban J connectivity index is 1.19. The molecule has 11 nitrogen and oxygen atoms in total. The molecule has 5 aliphatic rings. The zero-order chi connectivity index (χ0) is 33.3. The van der Waals surface area contributed by atoms with Crippen LogP contribution >= 0.6 is 11.3 Å². The van der Waals surface area contributed by atoms with Crippen LogP contribution in [0.25, 0.3) is 0 Å². The SMILES string of the molecule is COC[C@H]1CCCN(C(=O)[C@@H](NC(=O)[C@H]2CN(C(=O)c3cncs3)CC23CN(C(=O)[C@H]2CC2(C)C)C3)[C@@H](C)OCC2CCCCC2)C1. The maximum atomic E-state index is 14.4. The van der Waals surface area contributed by atoms with Gasteiger partial charge in [0.2, 0.25) is 17.7 Å². The molecule has 1 aromatic heterocycles. The molecule has 4 heterocycles. The van der Waals surface area contributed by atoms with Crippen LogP contribution in [0.5, 0.6) is 0 Å². The van der Waals surface area contributed by atoms with Crippen LogP contribution in [0.1, 0.15) is 81.8 Å². The molecule has 47 heavy (non-hydrogen) atoms. The van der Waals surface area contributed by atoms with Gasteiger partial charge in [-0.05, 0) is 56.3 Å². The highest BCUT2D eigenvalue weighted by Crippen LogP contribution is 2.54. The van der Waals surface area contributed by atoms with E-state index in [-0.39, 0.29) is 47.4 Å². The number of hydrogen-bond donors (Lipinski definition) is 1. The van der Waals surface area contributed by atoms with E-state index in [0.29, 0.717) is 56.7 Å². The van der Waals surface area contributed by atoms with Gasteiger partial charge >= 0.3 is 0 Å². The molecule has 260 valence electrons. The highest BCUT2D eigenvalue weighted by Gasteiger charge is 2.62. The molecule has 5 fully saturated rings. The molecule has 0 bridgehead atoms. The lowest BCUT2D eigenvalue weighted by molar-refractivity contribution is -0.153. The van der Waals surface area contributed by atoms with E-state index >= 15 is 0 Å². The van der Waals surface area contributed by atoms with Crippen molar-refractivity contribution in [2.45, 2.75) is 84.3 Å². The van der Waals surface area contributed by atoms with Crippen LogP contribution in [-0.4, -0.2) is 115 Å². The Hall–Kier alpha value is -2.57. The summed E-state index contributed by atoms with van der Waals surface area (Å²) in [4.78, 5) is 65.5. The minimum Gasteiger partial charge on any atom is -0.384 e. The molecule has 3 aliphatic heterocycles. The molecule has 1 aromatic rings. The summed E-state index contributed by atoms with van der Waals surface area (Å²) in [6.45, 7) is 10.00. The second kappa shape index (κ2) is 14.1. The second-order valence-electron chi connectivity index (χ2n) is 15.7. The van der Waals surface area contributed by atoms with Crippen molar-refractivity contribution in [2.75, 3.05) is 59.6 Å². The Bertz CT molecular complexity index is 1290. The van der Waals surface area contributed by atoms with Crippen molar-refractivity contribution in [2.24, 2.45) is 34.5 Å². The van der Waals surface area contributed by atoms with Crippen molar-refractivity contribution in [1.29, 1.82) is 0 Å². The third kappa shape index (κ3) is 7.39. The predicted octanol–water partition coefficient (Wildman–Crippen LogP) is 3.45. The molecule has 6 rings (SSSR count). The fourth-order valence-electron chi connectivity index (χ4n) is 8.47. The van der Waals surface area contributed by atoms with E-state index in [9.17, 15) is 19.2 Å². The smallest absolute Gasteiger partial charge is 0.265 e. The lowest BCUT2D eigenvalue weighted by Crippen LogP contribution is -2.65. The van der Waals surface area contributed by atoms with Crippen LogP contribution < -0.4 is 5.32 Å². The van der Waals surface area contributed by atoms with E-state index in [2.05, 4.69) is 24.1 Å². The highest BCUT2D eigenvalue weighted by atomic mass is 32.1. The van der Waals surface area contributed by atoms with Crippen LogP contribution in [-0.2, 0) is 23.9 Å². The number of carbonyl (C=O) groups excluding carboxylic acids is 4. The summed E-state index contributed by atoms with van der Waals surface area (Å²) in [6, 6.07) is -0.847. The molecule has 4 amide bonds. The number of ether oxygens (including phenoxy) is 2. The number of piperidine rings is 1. The molecule has 0 aromatic carbocycles. The summed E-state index contributed by atoms with van der Waals surface area (Å²) in [5, 5.41) is 3.16. The number of amides is 4. The van der Waals surface area contributed by atoms with Crippen molar-refractivity contribution in [3.8, 4) is 0 Å². The Morgan fingerprint density at radius 2 is 1.66 bits per heavy atom. The van der Waals surface area contributed by atoms with Crippen molar-refractivity contribution in [3.05, 3.63) is 16.6 Å². The first-order valence-corrected chi connectivity index (χ1v) is 18.6. The Kier molecular flexibility index (Phi) is 10.3. The van der Waals surface area contributed by atoms with Crippen LogP contribution in [0.15, 0.2) is 11.7 Å². The van der Waals surface area contributed by atoms with Gasteiger partial charge in [0.1, 0.15) is 10.9 Å². The van der Waals surface area contributed by atoms with E-state index in [4.69, 9.17) is 9.47 Å². The van der Waals surface area contributed by atoms with Crippen LogP contribution in [0.2, 0.25) is 0 Å². The summed E-state index contributed by atoms with van der Waals surface area (Å²) in [5.41, 5.74) is 1.08. The van der Waals surface area contributed by atoms with Gasteiger partial charge in [-0.15, -0.1) is 11.3 Å². The van der Waals surface area contributed by atoms with E-state index in [1.165, 1.54) is 30.6 Å². The highest BCUT2D eigenvalue weighted by molar-refractivity contribution is 7.11. The third-order valence-corrected chi connectivity index (χ3v) is 12.4. The predicted molar refractivity (Wildman–Crippen MR) is 178 cm³/mol. The summed E-state index contributed by atoms with van der Waals surface area (Å²) in [5.74, 6) is -0.199. The van der Waals surface area contributed by atoms with Gasteiger partial charge in [-0.3, -0.25) is 24.2 Å². The maximum absolute atomic E-state index is 14.4. The van der Waals surface area contributed by atoms with Crippen LogP contribution in [0.4, 0.5) is 0 Å². The number of aromatic nitrogens is 1. The van der Waals surface area contributed by atoms with E-state index in [1.54, 1.807) is 23.7 Å². The van der Waals surface area contributed by atoms with E-state index < -0.39 is 23.5 Å². The average Bonchev–Trinajstić information content (AvgIpc) is 3.41. The average molecular weight is 672 g/mol. The molecule has 3 saturated heterocycles. The van der Waals surface area contributed by atoms with Crippen LogP contribution in [0, 0.1) is 34.5 Å². The minimum absolute atomic E-state index is 0.0124. The molecule has 2 saturated carbocycles. The summed E-state index contributed by atoms with van der Waals surface area (Å²) >= 11 is 1.28. The lowest BCUT2D eigenvalue weighted by Gasteiger charge is -2.50. The second-order valence-corrected chi connectivity index (χ2v) is 16.6. The van der Waals surface area contributed by atoms with Crippen LogP contribution in [0.3, 0.4) is 0 Å². The molecule has 1 spiro atoms. The van der Waals surface area contributed by atoms with Gasteiger partial charge in [-0.25, -0.2) is 0 Å². The van der Waals surface area contributed by atoms with Gasteiger partial charge < -0.3 is 29.5 Å². The number of nitrogens with zero attached hydrogens (tertiary/aromatic N) is 4. The van der Waals surface area contributed by atoms with Crippen molar-refractivity contribution < 1.29 is 28.7 Å². The van der Waals surface area contributed by atoms with Crippen molar-refractivity contribution in [1.82, 2.24) is 25.0 Å². The Labute approximate surface area is 283 Å². The molecule has 12 heteroatoms. The third-order valence-electron chi connectivity index (χ3n) is 11.6. The quantitative estimate of drug-likeness (QED) is 0.383. The lowest BCUT2D eigenvalue weighted by atomic mass is 9.70. The number of nitrogens with one attached hydrogen (secondary N) is 1. The van der Waals surface area contributed by atoms with E-state index in [1.807, 2.05) is 16.7 Å². The molecular weight excluding hydrogens is 618 g/mol. The minimum atomic E-state index is -0.847. The monoisotopic (exact) mass is 671 g/mol. The van der Waals surface area contributed by atoms with Crippen molar-refractivity contribution >= 4 is 35.0 Å². The van der Waals surface area contributed by atoms with Gasteiger partial charge in [0.05, 0.1) is 30.3 Å². The topological polar surface area (TPSA) is 121 Å². The first kappa shape index (κ1) is 34.3. The van der Waals surface area contributed by atoms with Gasteiger partial charge in [0.15, 0.2) is 0 Å². The largest absolute Gasteiger partial charge is 0.384 e. The molecule has 5 atom stereocenters. The Morgan fingerprint density at radius 3 is 2.32 bits per heavy atom. The molecule has 0 radical (unpaired) electrons. The first-order chi connectivity index (χ1) is 22.5. The summed E-state index contributed by atoms with van der Waals surface area (Å²) < 4.78 is 11.8. The fourth-order valence-corrected chi connectivity index (χ4v) is 9.05.